The Bertz CT molecular complexity index is 225. The number of nitrogens with one attached hydrogen (secondary N) is 2. The van der Waals surface area contributed by atoms with Crippen LogP contribution < -0.4 is 10.6 Å². The molecule has 1 unspecified atom stereocenters. The van der Waals surface area contributed by atoms with Crippen molar-refractivity contribution in [2.45, 2.75) is 46.1 Å². The number of carbonyl (C=O) groups is 1. The average molecular weight is 249 g/mol. The summed E-state index contributed by atoms with van der Waals surface area (Å²) in [5.74, 6) is 0.888. The van der Waals surface area contributed by atoms with Crippen LogP contribution in [0.1, 0.15) is 40.5 Å². The van der Waals surface area contributed by atoms with Crippen molar-refractivity contribution >= 4 is 18.3 Å². The number of amides is 1. The van der Waals surface area contributed by atoms with E-state index in [9.17, 15) is 4.79 Å². The van der Waals surface area contributed by atoms with Crippen molar-refractivity contribution in [1.29, 1.82) is 0 Å². The van der Waals surface area contributed by atoms with E-state index in [0.717, 1.165) is 25.9 Å². The van der Waals surface area contributed by atoms with Crippen LogP contribution in [0.4, 0.5) is 0 Å². The zero-order valence-corrected chi connectivity index (χ0v) is 11.6. The summed E-state index contributed by atoms with van der Waals surface area (Å²) in [5, 5.41) is 6.38. The molecule has 2 N–H and O–H groups in total. The smallest absolute Gasteiger partial charge is 0.223 e. The summed E-state index contributed by atoms with van der Waals surface area (Å²) in [5.41, 5.74) is -0.0253. The SMILES string of the molecule is CCC(C)(CC)NC(=O)C(C)C1CNC1.Cl. The normalized spacial score (nSPS) is 18.2. The number of hydrogen-bond donors (Lipinski definition) is 2. The lowest BCUT2D eigenvalue weighted by atomic mass is 9.86. The van der Waals surface area contributed by atoms with Crippen LogP contribution in [0.25, 0.3) is 0 Å². The molecule has 0 radical (unpaired) electrons. The molecule has 96 valence electrons. The van der Waals surface area contributed by atoms with Crippen molar-refractivity contribution in [3.63, 3.8) is 0 Å². The average Bonchev–Trinajstić information content (AvgIpc) is 2.14. The summed E-state index contributed by atoms with van der Waals surface area (Å²) in [6.45, 7) is 10.4. The van der Waals surface area contributed by atoms with E-state index in [4.69, 9.17) is 0 Å². The molecule has 1 atom stereocenters. The minimum absolute atomic E-state index is 0. The molecule has 1 saturated heterocycles. The van der Waals surface area contributed by atoms with Gasteiger partial charge in [-0.3, -0.25) is 4.79 Å². The Morgan fingerprint density at radius 3 is 2.25 bits per heavy atom. The first-order chi connectivity index (χ1) is 7.02. The predicted molar refractivity (Wildman–Crippen MR) is 69.9 cm³/mol. The Morgan fingerprint density at radius 1 is 1.44 bits per heavy atom. The van der Waals surface area contributed by atoms with Gasteiger partial charge >= 0.3 is 0 Å². The lowest BCUT2D eigenvalue weighted by Gasteiger charge is -2.35. The molecular formula is C12H25ClN2O. The molecule has 0 aromatic carbocycles. The molecule has 1 heterocycles. The summed E-state index contributed by atoms with van der Waals surface area (Å²) in [6.07, 6.45) is 1.98. The molecule has 0 spiro atoms. The molecule has 1 amide bonds. The fourth-order valence-electron chi connectivity index (χ4n) is 1.72. The van der Waals surface area contributed by atoms with Gasteiger partial charge in [0.05, 0.1) is 0 Å². The Morgan fingerprint density at radius 2 is 1.94 bits per heavy atom. The van der Waals surface area contributed by atoms with E-state index in [1.165, 1.54) is 0 Å². The summed E-state index contributed by atoms with van der Waals surface area (Å²) in [7, 11) is 0. The topological polar surface area (TPSA) is 41.1 Å². The molecule has 3 nitrogen and oxygen atoms in total. The third-order valence-corrected chi connectivity index (χ3v) is 3.92. The quantitative estimate of drug-likeness (QED) is 0.781. The number of rotatable bonds is 5. The first-order valence-electron chi connectivity index (χ1n) is 6.05. The highest BCUT2D eigenvalue weighted by Crippen LogP contribution is 2.19. The lowest BCUT2D eigenvalue weighted by molar-refractivity contribution is -0.128. The van der Waals surface area contributed by atoms with Gasteiger partial charge in [-0.25, -0.2) is 0 Å². The molecule has 1 aliphatic rings. The highest BCUT2D eigenvalue weighted by atomic mass is 35.5. The van der Waals surface area contributed by atoms with Crippen LogP contribution in [0.2, 0.25) is 0 Å². The molecule has 16 heavy (non-hydrogen) atoms. The summed E-state index contributed by atoms with van der Waals surface area (Å²) in [4.78, 5) is 12.0. The standard InChI is InChI=1S/C12H24N2O.ClH/c1-5-12(4,6-2)14-11(15)9(3)10-7-13-8-10;/h9-10,13H,5-8H2,1-4H3,(H,14,15);1H. The van der Waals surface area contributed by atoms with Crippen LogP contribution >= 0.6 is 12.4 Å². The summed E-state index contributed by atoms with van der Waals surface area (Å²) in [6, 6.07) is 0. The molecule has 0 aromatic heterocycles. The van der Waals surface area contributed by atoms with Crippen LogP contribution in [0.5, 0.6) is 0 Å². The van der Waals surface area contributed by atoms with Crippen molar-refractivity contribution in [1.82, 2.24) is 10.6 Å². The van der Waals surface area contributed by atoms with Crippen molar-refractivity contribution < 1.29 is 4.79 Å². The molecule has 0 aliphatic carbocycles. The van der Waals surface area contributed by atoms with E-state index in [-0.39, 0.29) is 29.8 Å². The highest BCUT2D eigenvalue weighted by molar-refractivity contribution is 5.85. The van der Waals surface area contributed by atoms with E-state index < -0.39 is 0 Å². The maximum absolute atomic E-state index is 12.0. The van der Waals surface area contributed by atoms with Gasteiger partial charge in [0.25, 0.3) is 0 Å². The maximum atomic E-state index is 12.0. The maximum Gasteiger partial charge on any atom is 0.223 e. The first-order valence-corrected chi connectivity index (χ1v) is 6.05. The van der Waals surface area contributed by atoms with E-state index in [1.807, 2.05) is 6.92 Å². The van der Waals surface area contributed by atoms with Crippen molar-refractivity contribution in [2.24, 2.45) is 11.8 Å². The van der Waals surface area contributed by atoms with Crippen LogP contribution in [0.15, 0.2) is 0 Å². The molecule has 0 aromatic rings. The van der Waals surface area contributed by atoms with Crippen molar-refractivity contribution in [3.05, 3.63) is 0 Å². The highest BCUT2D eigenvalue weighted by Gasteiger charge is 2.31. The minimum atomic E-state index is -0.0253. The lowest BCUT2D eigenvalue weighted by Crippen LogP contribution is -2.53. The number of hydrogen-bond acceptors (Lipinski definition) is 2. The van der Waals surface area contributed by atoms with Gasteiger partial charge in [0, 0.05) is 11.5 Å². The van der Waals surface area contributed by atoms with Crippen molar-refractivity contribution in [2.75, 3.05) is 13.1 Å². The fourth-order valence-corrected chi connectivity index (χ4v) is 1.72. The molecule has 0 saturated carbocycles. The number of halogens is 1. The van der Waals surface area contributed by atoms with Crippen molar-refractivity contribution in [3.8, 4) is 0 Å². The van der Waals surface area contributed by atoms with Crippen LogP contribution in [-0.4, -0.2) is 24.5 Å². The second kappa shape index (κ2) is 6.45. The third kappa shape index (κ3) is 3.63. The zero-order valence-electron chi connectivity index (χ0n) is 10.8. The first kappa shape index (κ1) is 15.7. The van der Waals surface area contributed by atoms with Gasteiger partial charge in [0.1, 0.15) is 0 Å². The van der Waals surface area contributed by atoms with Crippen LogP contribution in [-0.2, 0) is 4.79 Å². The Hall–Kier alpha value is -0.280. The monoisotopic (exact) mass is 248 g/mol. The van der Waals surface area contributed by atoms with Crippen LogP contribution in [0.3, 0.4) is 0 Å². The Balaban J connectivity index is 0.00000225. The van der Waals surface area contributed by atoms with Gasteiger partial charge in [0.15, 0.2) is 0 Å². The molecule has 0 bridgehead atoms. The van der Waals surface area contributed by atoms with E-state index in [0.29, 0.717) is 5.92 Å². The Labute approximate surface area is 105 Å². The fraction of sp³-hybridized carbons (Fsp3) is 0.917. The van der Waals surface area contributed by atoms with Gasteiger partial charge in [0.2, 0.25) is 5.91 Å². The van der Waals surface area contributed by atoms with E-state index in [2.05, 4.69) is 31.4 Å². The molecular weight excluding hydrogens is 224 g/mol. The minimum Gasteiger partial charge on any atom is -0.351 e. The van der Waals surface area contributed by atoms with Gasteiger partial charge in [-0.05, 0) is 38.8 Å². The van der Waals surface area contributed by atoms with Gasteiger partial charge in [-0.2, -0.15) is 0 Å². The summed E-state index contributed by atoms with van der Waals surface area (Å²) < 4.78 is 0. The summed E-state index contributed by atoms with van der Waals surface area (Å²) >= 11 is 0. The molecule has 1 rings (SSSR count). The van der Waals surface area contributed by atoms with Gasteiger partial charge < -0.3 is 10.6 Å². The van der Waals surface area contributed by atoms with Gasteiger partial charge in [-0.15, -0.1) is 12.4 Å². The zero-order chi connectivity index (χ0) is 11.5. The molecule has 1 fully saturated rings. The molecule has 1 aliphatic heterocycles. The second-order valence-corrected chi connectivity index (χ2v) is 4.96. The van der Waals surface area contributed by atoms with E-state index >= 15 is 0 Å². The third-order valence-electron chi connectivity index (χ3n) is 3.92. The second-order valence-electron chi connectivity index (χ2n) is 4.96. The van der Waals surface area contributed by atoms with Crippen LogP contribution in [0, 0.1) is 11.8 Å². The van der Waals surface area contributed by atoms with Gasteiger partial charge in [-0.1, -0.05) is 20.8 Å². The predicted octanol–water partition coefficient (Wildman–Crippen LogP) is 1.96. The largest absolute Gasteiger partial charge is 0.351 e. The molecule has 4 heteroatoms. The van der Waals surface area contributed by atoms with E-state index in [1.54, 1.807) is 0 Å². The number of carbonyl (C=O) groups excluding carboxylic acids is 1. The Kier molecular flexibility index (Phi) is 6.34.